The minimum absolute atomic E-state index is 0.0119. The number of carbonyl (C=O) groups is 4. The summed E-state index contributed by atoms with van der Waals surface area (Å²) < 4.78 is 31.9. The smallest absolute Gasteiger partial charge is 0.328 e. The fourth-order valence-corrected chi connectivity index (χ4v) is 3.83. The molecule has 192 valence electrons. The van der Waals surface area contributed by atoms with Gasteiger partial charge in [0.25, 0.3) is 5.91 Å². The van der Waals surface area contributed by atoms with E-state index in [2.05, 4.69) is 25.9 Å². The predicted octanol–water partition coefficient (Wildman–Crippen LogP) is 1.47. The largest absolute Gasteiger partial charge is 0.467 e. The Morgan fingerprint density at radius 3 is 2.53 bits per heavy atom. The lowest BCUT2D eigenvalue weighted by atomic mass is 10.0. The van der Waals surface area contributed by atoms with E-state index in [0.29, 0.717) is 6.07 Å². The van der Waals surface area contributed by atoms with Crippen LogP contribution in [-0.2, 0) is 14.3 Å². The van der Waals surface area contributed by atoms with Gasteiger partial charge >= 0.3 is 12.0 Å². The number of aromatic nitrogens is 2. The van der Waals surface area contributed by atoms with Crippen molar-refractivity contribution in [3.05, 3.63) is 54.1 Å². The molecule has 2 aromatic rings. The Hall–Kier alpha value is -4.16. The Morgan fingerprint density at radius 1 is 1.17 bits per heavy atom. The van der Waals surface area contributed by atoms with Crippen molar-refractivity contribution in [2.45, 2.75) is 38.4 Å². The molecule has 1 aromatic heterocycles. The van der Waals surface area contributed by atoms with Gasteiger partial charge in [-0.3, -0.25) is 14.6 Å². The van der Waals surface area contributed by atoms with Crippen LogP contribution in [0.3, 0.4) is 0 Å². The lowest BCUT2D eigenvalue weighted by molar-refractivity contribution is -0.146. The van der Waals surface area contributed by atoms with Crippen LogP contribution in [0.15, 0.2) is 36.8 Å². The molecule has 0 aliphatic carbocycles. The van der Waals surface area contributed by atoms with E-state index in [4.69, 9.17) is 4.74 Å². The maximum absolute atomic E-state index is 14.0. The van der Waals surface area contributed by atoms with Crippen molar-refractivity contribution in [1.29, 1.82) is 0 Å². The molecule has 0 saturated carbocycles. The molecule has 3 rings (SSSR count). The van der Waals surface area contributed by atoms with E-state index in [9.17, 15) is 28.0 Å². The van der Waals surface area contributed by atoms with Gasteiger partial charge in [0.2, 0.25) is 5.91 Å². The lowest BCUT2D eigenvalue weighted by Gasteiger charge is -2.29. The Kier molecular flexibility index (Phi) is 8.46. The van der Waals surface area contributed by atoms with E-state index < -0.39 is 53.6 Å². The SMILES string of the molecule is COC(=O)[C@H](NC(=O)[C@@H]1[C@@H](NC(=O)Nc2ccc(F)cc2F)CCN1C(=O)c1cnccn1)C(C)C. The third-order valence-corrected chi connectivity index (χ3v) is 5.63. The van der Waals surface area contributed by atoms with E-state index in [1.165, 1.54) is 30.6 Å². The van der Waals surface area contributed by atoms with Crippen molar-refractivity contribution < 1.29 is 32.7 Å². The number of halogens is 2. The molecule has 11 nitrogen and oxygen atoms in total. The summed E-state index contributed by atoms with van der Waals surface area (Å²) in [5, 5.41) is 7.42. The van der Waals surface area contributed by atoms with Crippen LogP contribution < -0.4 is 16.0 Å². The first-order valence-electron chi connectivity index (χ1n) is 11.1. The number of amides is 4. The number of carbonyl (C=O) groups excluding carboxylic acids is 4. The van der Waals surface area contributed by atoms with E-state index in [0.717, 1.165) is 12.1 Å². The second-order valence-corrected chi connectivity index (χ2v) is 8.41. The number of rotatable bonds is 7. The van der Waals surface area contributed by atoms with Crippen LogP contribution in [0.1, 0.15) is 30.8 Å². The van der Waals surface area contributed by atoms with Gasteiger partial charge in [0, 0.05) is 25.0 Å². The third-order valence-electron chi connectivity index (χ3n) is 5.63. The highest BCUT2D eigenvalue weighted by molar-refractivity contribution is 5.98. The maximum atomic E-state index is 14.0. The fraction of sp³-hybridized carbons (Fsp3) is 0.391. The van der Waals surface area contributed by atoms with E-state index in [1.807, 2.05) is 0 Å². The molecule has 0 bridgehead atoms. The van der Waals surface area contributed by atoms with Crippen LogP contribution in [0, 0.1) is 17.6 Å². The van der Waals surface area contributed by atoms with E-state index in [1.54, 1.807) is 13.8 Å². The van der Waals surface area contributed by atoms with E-state index >= 15 is 0 Å². The molecule has 0 spiro atoms. The topological polar surface area (TPSA) is 143 Å². The van der Waals surface area contributed by atoms with Crippen molar-refractivity contribution in [3.63, 3.8) is 0 Å². The molecule has 1 aromatic carbocycles. The van der Waals surface area contributed by atoms with Gasteiger partial charge in [-0.25, -0.2) is 23.4 Å². The molecule has 1 saturated heterocycles. The number of ether oxygens (including phenoxy) is 1. The molecule has 1 fully saturated rings. The fourth-order valence-electron chi connectivity index (χ4n) is 3.83. The minimum atomic E-state index is -1.23. The van der Waals surface area contributed by atoms with Crippen LogP contribution >= 0.6 is 0 Å². The minimum Gasteiger partial charge on any atom is -0.467 e. The molecule has 0 unspecified atom stereocenters. The molecular formula is C23H26F2N6O5. The van der Waals surface area contributed by atoms with Gasteiger partial charge in [-0.15, -0.1) is 0 Å². The van der Waals surface area contributed by atoms with Gasteiger partial charge in [0.05, 0.1) is 25.0 Å². The zero-order valence-electron chi connectivity index (χ0n) is 19.8. The van der Waals surface area contributed by atoms with Crippen LogP contribution in [-0.4, -0.2) is 70.5 Å². The highest BCUT2D eigenvalue weighted by Crippen LogP contribution is 2.22. The Bertz CT molecular complexity index is 1130. The van der Waals surface area contributed by atoms with Gasteiger partial charge < -0.3 is 25.6 Å². The number of esters is 1. The number of hydrogen-bond acceptors (Lipinski definition) is 7. The molecular weight excluding hydrogens is 478 g/mol. The monoisotopic (exact) mass is 504 g/mol. The van der Waals surface area contributed by atoms with Crippen LogP contribution in [0.2, 0.25) is 0 Å². The summed E-state index contributed by atoms with van der Waals surface area (Å²) >= 11 is 0. The van der Waals surface area contributed by atoms with Crippen molar-refractivity contribution in [2.24, 2.45) is 5.92 Å². The summed E-state index contributed by atoms with van der Waals surface area (Å²) in [6, 6.07) is -1.36. The first-order valence-corrected chi connectivity index (χ1v) is 11.1. The van der Waals surface area contributed by atoms with Crippen molar-refractivity contribution in [1.82, 2.24) is 25.5 Å². The molecule has 3 N–H and O–H groups in total. The second-order valence-electron chi connectivity index (χ2n) is 8.41. The zero-order chi connectivity index (χ0) is 26.4. The summed E-state index contributed by atoms with van der Waals surface area (Å²) in [6.07, 6.45) is 4.13. The number of hydrogen-bond donors (Lipinski definition) is 3. The summed E-state index contributed by atoms with van der Waals surface area (Å²) in [4.78, 5) is 60.3. The number of urea groups is 1. The third kappa shape index (κ3) is 6.09. The standard InChI is InChI=1S/C23H26F2N6O5/c1-12(2)18(22(34)36-3)30-20(32)19-16(6-9-31(19)21(33)17-11-26-7-8-27-17)29-23(35)28-15-5-4-13(24)10-14(15)25/h4-5,7-8,10-12,16,18-19H,6,9H2,1-3H3,(H,30,32)(H2,28,29,35)/t16-,18+,19-/m0/s1. The van der Waals surface area contributed by atoms with Crippen LogP contribution in [0.25, 0.3) is 0 Å². The van der Waals surface area contributed by atoms with Crippen LogP contribution in [0.4, 0.5) is 19.3 Å². The number of benzene rings is 1. The summed E-state index contributed by atoms with van der Waals surface area (Å²) in [5.41, 5.74) is -0.284. The highest BCUT2D eigenvalue weighted by Gasteiger charge is 2.44. The molecule has 1 aliphatic heterocycles. The van der Waals surface area contributed by atoms with Gasteiger partial charge in [-0.05, 0) is 24.5 Å². The maximum Gasteiger partial charge on any atom is 0.328 e. The number of nitrogens with zero attached hydrogens (tertiary/aromatic N) is 3. The predicted molar refractivity (Wildman–Crippen MR) is 123 cm³/mol. The van der Waals surface area contributed by atoms with Gasteiger partial charge in [0.15, 0.2) is 0 Å². The number of nitrogens with one attached hydrogen (secondary N) is 3. The molecule has 2 heterocycles. The van der Waals surface area contributed by atoms with Crippen molar-refractivity contribution >= 4 is 29.5 Å². The molecule has 3 atom stereocenters. The number of likely N-dealkylation sites (tertiary alicyclic amines) is 1. The molecule has 13 heteroatoms. The van der Waals surface area contributed by atoms with E-state index in [-0.39, 0.29) is 30.3 Å². The Morgan fingerprint density at radius 2 is 1.92 bits per heavy atom. The second kappa shape index (κ2) is 11.5. The average molecular weight is 504 g/mol. The first kappa shape index (κ1) is 26.4. The quantitative estimate of drug-likeness (QED) is 0.485. The summed E-state index contributed by atoms with van der Waals surface area (Å²) in [5.74, 6) is -4.10. The van der Waals surface area contributed by atoms with Gasteiger partial charge in [-0.1, -0.05) is 13.8 Å². The first-order chi connectivity index (χ1) is 17.1. The zero-order valence-corrected chi connectivity index (χ0v) is 19.8. The lowest BCUT2D eigenvalue weighted by Crippen LogP contribution is -2.58. The number of methoxy groups -OCH3 is 1. The molecule has 1 aliphatic rings. The van der Waals surface area contributed by atoms with Crippen LogP contribution in [0.5, 0.6) is 0 Å². The Balaban J connectivity index is 1.83. The molecule has 36 heavy (non-hydrogen) atoms. The average Bonchev–Trinajstić information content (AvgIpc) is 3.26. The van der Waals surface area contributed by atoms with Gasteiger partial charge in [-0.2, -0.15) is 0 Å². The molecule has 4 amide bonds. The Labute approximate surface area is 205 Å². The summed E-state index contributed by atoms with van der Waals surface area (Å²) in [7, 11) is 1.19. The van der Waals surface area contributed by atoms with Crippen molar-refractivity contribution in [2.75, 3.05) is 19.0 Å². The normalized spacial score (nSPS) is 17.9. The van der Waals surface area contributed by atoms with Crippen molar-refractivity contribution in [3.8, 4) is 0 Å². The number of anilines is 1. The molecule has 0 radical (unpaired) electrons. The summed E-state index contributed by atoms with van der Waals surface area (Å²) in [6.45, 7) is 3.49. The highest BCUT2D eigenvalue weighted by atomic mass is 19.1. The van der Waals surface area contributed by atoms with Gasteiger partial charge in [0.1, 0.15) is 29.4 Å².